The van der Waals surface area contributed by atoms with Crippen LogP contribution in [0.2, 0.25) is 0 Å². The smallest absolute Gasteiger partial charge is 0.449 e. The maximum Gasteiger partial charge on any atom is 0.449 e. The maximum atomic E-state index is 11.9. The second-order valence-electron chi connectivity index (χ2n) is 5.42. The highest BCUT2D eigenvalue weighted by Gasteiger charge is 2.27. The number of hydrogen-bond donors (Lipinski definition) is 2. The number of carbonyl (C=O) groups is 1. The molecule has 0 spiro atoms. The summed E-state index contributed by atoms with van der Waals surface area (Å²) in [6.07, 6.45) is 0.606. The van der Waals surface area contributed by atoms with Gasteiger partial charge in [-0.15, -0.1) is 4.72 Å². The first kappa shape index (κ1) is 16.2. The Hall–Kier alpha value is -0.830. The third kappa shape index (κ3) is 5.35. The molecule has 1 unspecified atom stereocenters. The van der Waals surface area contributed by atoms with Crippen molar-refractivity contribution in [2.75, 3.05) is 0 Å². The van der Waals surface area contributed by atoms with E-state index in [1.165, 1.54) is 6.20 Å². The van der Waals surface area contributed by atoms with Crippen LogP contribution in [0.25, 0.3) is 0 Å². The van der Waals surface area contributed by atoms with Gasteiger partial charge in [0.05, 0.1) is 6.20 Å². The van der Waals surface area contributed by atoms with E-state index in [-0.39, 0.29) is 0 Å². The summed E-state index contributed by atoms with van der Waals surface area (Å²) in [5.41, 5.74) is -1.75. The van der Waals surface area contributed by atoms with Gasteiger partial charge in [-0.05, 0) is 34.6 Å². The van der Waals surface area contributed by atoms with Crippen molar-refractivity contribution < 1.29 is 19.2 Å². The van der Waals surface area contributed by atoms with Crippen LogP contribution in [0.3, 0.4) is 0 Å². The molecule has 0 aliphatic heterocycles. The van der Waals surface area contributed by atoms with E-state index >= 15 is 0 Å². The third-order valence-corrected chi connectivity index (χ3v) is 4.40. The number of thiazole rings is 1. The summed E-state index contributed by atoms with van der Waals surface area (Å²) in [7, 11) is 0. The molecular weight excluding hydrogens is 288 g/mol. The van der Waals surface area contributed by atoms with Gasteiger partial charge in [-0.1, -0.05) is 11.3 Å². The lowest BCUT2D eigenvalue weighted by Gasteiger charge is -2.19. The van der Waals surface area contributed by atoms with Gasteiger partial charge < -0.3 is 14.4 Å². The largest absolute Gasteiger partial charge is 0.587 e. The molecule has 0 aliphatic rings. The first-order valence-corrected chi connectivity index (χ1v) is 7.56. The lowest BCUT2D eigenvalue weighted by molar-refractivity contribution is 0.0570. The van der Waals surface area contributed by atoms with Gasteiger partial charge in [0.15, 0.2) is 0 Å². The lowest BCUT2D eigenvalue weighted by atomic mass is 10.2. The van der Waals surface area contributed by atoms with Crippen LogP contribution < -0.4 is 4.72 Å². The number of hydrogen-bond acceptors (Lipinski definition) is 6. The van der Waals surface area contributed by atoms with Gasteiger partial charge in [0.2, 0.25) is 0 Å². The number of nitrogens with zero attached hydrogens (tertiary/aromatic N) is 1. The number of carbonyl (C=O) groups excluding carboxylic acids is 1. The molecule has 0 radical (unpaired) electrons. The van der Waals surface area contributed by atoms with E-state index in [9.17, 15) is 14.5 Å². The summed E-state index contributed by atoms with van der Waals surface area (Å²) < 4.78 is 19.4. The summed E-state index contributed by atoms with van der Waals surface area (Å²) in [4.78, 5) is 15.4. The van der Waals surface area contributed by atoms with Crippen molar-refractivity contribution in [3.63, 3.8) is 0 Å². The average molecular weight is 306 g/mol. The van der Waals surface area contributed by atoms with E-state index in [1.54, 1.807) is 34.6 Å². The molecule has 19 heavy (non-hydrogen) atoms. The monoisotopic (exact) mass is 306 g/mol. The predicted molar refractivity (Wildman–Crippen MR) is 73.1 cm³/mol. The topological polar surface area (TPSA) is 94.5 Å². The summed E-state index contributed by atoms with van der Waals surface area (Å²) in [6.45, 7) is 8.32. The highest BCUT2D eigenvalue weighted by atomic mass is 32.2. The van der Waals surface area contributed by atoms with Crippen LogP contribution in [0, 0.1) is 0 Å². The molecule has 0 saturated heterocycles. The number of aliphatic hydroxyl groups is 1. The van der Waals surface area contributed by atoms with Crippen molar-refractivity contribution in [1.82, 2.24) is 9.71 Å². The molecule has 2 N–H and O–H groups in total. The van der Waals surface area contributed by atoms with E-state index < -0.39 is 28.7 Å². The summed E-state index contributed by atoms with van der Waals surface area (Å²) in [5, 5.41) is 10.2. The molecular formula is C11H18N2O4S2. The van der Waals surface area contributed by atoms with E-state index in [0.29, 0.717) is 9.22 Å². The zero-order chi connectivity index (χ0) is 14.8. The molecule has 108 valence electrons. The number of rotatable bonds is 3. The Morgan fingerprint density at radius 1 is 1.47 bits per heavy atom. The maximum absolute atomic E-state index is 11.9. The van der Waals surface area contributed by atoms with Crippen LogP contribution in [0.1, 0.15) is 39.6 Å². The first-order valence-electron chi connectivity index (χ1n) is 5.59. The fourth-order valence-electron chi connectivity index (χ4n) is 1.05. The zero-order valence-corrected chi connectivity index (χ0v) is 13.1. The van der Waals surface area contributed by atoms with Gasteiger partial charge in [-0.25, -0.2) is 9.78 Å². The minimum absolute atomic E-state index is 0.350. The third-order valence-electron chi connectivity index (χ3n) is 1.77. The number of aromatic nitrogens is 1. The van der Waals surface area contributed by atoms with Gasteiger partial charge in [0.25, 0.3) is 4.21 Å². The van der Waals surface area contributed by atoms with Crippen molar-refractivity contribution in [1.29, 1.82) is 0 Å². The molecule has 1 atom stereocenters. The Morgan fingerprint density at radius 3 is 2.47 bits per heavy atom. The quantitative estimate of drug-likeness (QED) is 0.832. The molecule has 0 fully saturated rings. The Kier molecular flexibility index (Phi) is 4.83. The summed E-state index contributed by atoms with van der Waals surface area (Å²) in [6, 6.07) is 0. The molecule has 1 rings (SSSR count). The van der Waals surface area contributed by atoms with Crippen LogP contribution in [0.4, 0.5) is 4.79 Å². The molecule has 0 aliphatic carbocycles. The van der Waals surface area contributed by atoms with E-state index in [4.69, 9.17) is 4.74 Å². The van der Waals surface area contributed by atoms with Gasteiger partial charge >= 0.3 is 6.09 Å². The second kappa shape index (κ2) is 5.66. The number of amides is 1. The number of nitrogens with one attached hydrogen (secondary N) is 1. The predicted octanol–water partition coefficient (Wildman–Crippen LogP) is 1.92. The molecule has 1 heterocycles. The molecule has 0 saturated carbocycles. The molecule has 1 amide bonds. The Morgan fingerprint density at radius 2 is 2.05 bits per heavy atom. The molecule has 1 aromatic heterocycles. The lowest BCUT2D eigenvalue weighted by Crippen LogP contribution is -2.36. The van der Waals surface area contributed by atoms with Crippen LogP contribution in [-0.4, -0.2) is 26.3 Å². The normalized spacial score (nSPS) is 14.1. The van der Waals surface area contributed by atoms with Crippen molar-refractivity contribution in [3.05, 3.63) is 11.2 Å². The van der Waals surface area contributed by atoms with Gasteiger partial charge in [0, 0.05) is 0 Å². The van der Waals surface area contributed by atoms with Gasteiger partial charge in [-0.2, -0.15) is 0 Å². The van der Waals surface area contributed by atoms with Crippen LogP contribution in [0.5, 0.6) is 0 Å². The van der Waals surface area contributed by atoms with Crippen molar-refractivity contribution in [2.24, 2.45) is 0 Å². The SMILES string of the molecule is CC(C)(C)OC(=O)N[S+]([O-])c1cnc(C(C)(C)O)s1. The Balaban J connectivity index is 2.66. The van der Waals surface area contributed by atoms with Crippen LogP contribution in [-0.2, 0) is 21.7 Å². The van der Waals surface area contributed by atoms with E-state index in [2.05, 4.69) is 9.71 Å². The molecule has 6 nitrogen and oxygen atoms in total. The highest BCUT2D eigenvalue weighted by molar-refractivity contribution is 7.92. The standard InChI is InChI=1S/C11H18N2O4S2/c1-10(2,3)17-9(14)13-19(16)7-6-12-8(18-7)11(4,5)15/h6,15H,1-5H3,(H,13,14). The molecule has 0 bridgehead atoms. The molecule has 1 aromatic rings. The zero-order valence-electron chi connectivity index (χ0n) is 11.5. The molecule has 8 heteroatoms. The van der Waals surface area contributed by atoms with Crippen molar-refractivity contribution in [2.45, 2.75) is 50.0 Å². The Bertz CT molecular complexity index is 448. The fourth-order valence-corrected chi connectivity index (χ4v) is 2.81. The Labute approximate surface area is 119 Å². The molecule has 0 aromatic carbocycles. The number of ether oxygens (including phenoxy) is 1. The minimum atomic E-state index is -1.74. The van der Waals surface area contributed by atoms with Gasteiger partial charge in [-0.3, -0.25) is 0 Å². The summed E-state index contributed by atoms with van der Waals surface area (Å²) in [5.74, 6) is 0. The minimum Gasteiger partial charge on any atom is -0.587 e. The van der Waals surface area contributed by atoms with E-state index in [1.807, 2.05) is 0 Å². The average Bonchev–Trinajstić information content (AvgIpc) is 2.61. The van der Waals surface area contributed by atoms with Crippen LogP contribution in [0.15, 0.2) is 10.4 Å². The van der Waals surface area contributed by atoms with Gasteiger partial charge in [0.1, 0.15) is 27.6 Å². The summed E-state index contributed by atoms with van der Waals surface area (Å²) >= 11 is -0.665. The highest BCUT2D eigenvalue weighted by Crippen LogP contribution is 2.27. The van der Waals surface area contributed by atoms with Crippen molar-refractivity contribution >= 4 is 28.8 Å². The second-order valence-corrected chi connectivity index (χ2v) is 7.89. The first-order chi connectivity index (χ1) is 8.49. The van der Waals surface area contributed by atoms with Crippen molar-refractivity contribution in [3.8, 4) is 0 Å². The van der Waals surface area contributed by atoms with E-state index in [0.717, 1.165) is 11.3 Å². The fraction of sp³-hybridized carbons (Fsp3) is 0.636. The van der Waals surface area contributed by atoms with Crippen LogP contribution >= 0.6 is 11.3 Å².